The molecule has 2 N–H and O–H groups in total. The summed E-state index contributed by atoms with van der Waals surface area (Å²) in [5.41, 5.74) is 2.00. The zero-order valence-corrected chi connectivity index (χ0v) is 10.6. The Hall–Kier alpha value is -2.50. The quantitative estimate of drug-likeness (QED) is 0.857. The first-order valence-electron chi connectivity index (χ1n) is 5.62. The van der Waals surface area contributed by atoms with Gasteiger partial charge in [-0.1, -0.05) is 0 Å². The second-order valence-corrected chi connectivity index (χ2v) is 3.91. The van der Waals surface area contributed by atoms with E-state index < -0.39 is 5.97 Å². The molecule has 6 heteroatoms. The minimum atomic E-state index is -0.907. The Bertz CT molecular complexity index is 592. The average Bonchev–Trinajstić information content (AvgIpc) is 2.85. The van der Waals surface area contributed by atoms with Crippen molar-refractivity contribution in [1.29, 1.82) is 0 Å². The van der Waals surface area contributed by atoms with E-state index >= 15 is 0 Å². The van der Waals surface area contributed by atoms with Gasteiger partial charge in [0, 0.05) is 17.2 Å². The van der Waals surface area contributed by atoms with Crippen LogP contribution in [0, 0.1) is 0 Å². The fraction of sp³-hybridized carbons (Fsp3) is 0.231. The number of carbonyl (C=O) groups is 1. The number of carboxylic acid groups (broad SMARTS) is 1. The van der Waals surface area contributed by atoms with E-state index in [9.17, 15) is 4.79 Å². The Morgan fingerprint density at radius 2 is 2.16 bits per heavy atom. The molecule has 0 atom stereocenters. The van der Waals surface area contributed by atoms with Crippen LogP contribution in [-0.2, 0) is 11.2 Å². The van der Waals surface area contributed by atoms with Gasteiger partial charge in [0.05, 0.1) is 32.5 Å². The Morgan fingerprint density at radius 3 is 2.79 bits per heavy atom. The molecule has 0 aliphatic heterocycles. The summed E-state index contributed by atoms with van der Waals surface area (Å²) in [6.45, 7) is 0. The number of carboxylic acids is 1. The van der Waals surface area contributed by atoms with Crippen molar-refractivity contribution in [2.75, 3.05) is 14.2 Å². The van der Waals surface area contributed by atoms with Crippen LogP contribution in [-0.4, -0.2) is 35.5 Å². The SMILES string of the molecule is COc1ccc(-c2[nH]ncc2CC(=O)O)c(OC)c1. The van der Waals surface area contributed by atoms with E-state index in [1.54, 1.807) is 32.4 Å². The number of benzene rings is 1. The van der Waals surface area contributed by atoms with E-state index in [1.807, 2.05) is 0 Å². The number of hydrogen-bond acceptors (Lipinski definition) is 4. The van der Waals surface area contributed by atoms with E-state index in [2.05, 4.69) is 10.2 Å². The van der Waals surface area contributed by atoms with Crippen molar-refractivity contribution in [3.8, 4) is 22.8 Å². The van der Waals surface area contributed by atoms with Crippen LogP contribution in [0.15, 0.2) is 24.4 Å². The first-order valence-corrected chi connectivity index (χ1v) is 5.62. The van der Waals surface area contributed by atoms with E-state index in [0.717, 1.165) is 5.56 Å². The summed E-state index contributed by atoms with van der Waals surface area (Å²) >= 11 is 0. The monoisotopic (exact) mass is 262 g/mol. The number of nitrogens with zero attached hydrogens (tertiary/aromatic N) is 1. The third kappa shape index (κ3) is 2.67. The Morgan fingerprint density at radius 1 is 1.37 bits per heavy atom. The highest BCUT2D eigenvalue weighted by atomic mass is 16.5. The minimum absolute atomic E-state index is 0.0962. The largest absolute Gasteiger partial charge is 0.497 e. The molecular formula is C13H14N2O4. The van der Waals surface area contributed by atoms with Crippen LogP contribution in [0.3, 0.4) is 0 Å². The molecule has 0 amide bonds. The summed E-state index contributed by atoms with van der Waals surface area (Å²) in [5, 5.41) is 15.6. The van der Waals surface area contributed by atoms with Gasteiger partial charge in [-0.25, -0.2) is 0 Å². The maximum Gasteiger partial charge on any atom is 0.307 e. The van der Waals surface area contributed by atoms with Crippen molar-refractivity contribution >= 4 is 5.97 Å². The number of methoxy groups -OCH3 is 2. The van der Waals surface area contributed by atoms with Gasteiger partial charge in [-0.2, -0.15) is 5.10 Å². The van der Waals surface area contributed by atoms with Crippen molar-refractivity contribution in [3.05, 3.63) is 30.0 Å². The summed E-state index contributed by atoms with van der Waals surface area (Å²) < 4.78 is 10.4. The Labute approximate surface area is 110 Å². The average molecular weight is 262 g/mol. The molecule has 6 nitrogen and oxygen atoms in total. The number of hydrogen-bond donors (Lipinski definition) is 2. The van der Waals surface area contributed by atoms with Crippen LogP contribution in [0.2, 0.25) is 0 Å². The van der Waals surface area contributed by atoms with Gasteiger partial charge in [0.1, 0.15) is 11.5 Å². The molecule has 0 saturated heterocycles. The minimum Gasteiger partial charge on any atom is -0.497 e. The molecule has 0 aliphatic rings. The zero-order chi connectivity index (χ0) is 13.8. The molecule has 0 aliphatic carbocycles. The molecule has 0 unspecified atom stereocenters. The molecule has 1 aromatic carbocycles. The molecule has 19 heavy (non-hydrogen) atoms. The molecule has 0 fully saturated rings. The fourth-order valence-corrected chi connectivity index (χ4v) is 1.85. The van der Waals surface area contributed by atoms with E-state index in [0.29, 0.717) is 22.8 Å². The van der Waals surface area contributed by atoms with Crippen molar-refractivity contribution in [2.45, 2.75) is 6.42 Å². The third-order valence-corrected chi connectivity index (χ3v) is 2.74. The second kappa shape index (κ2) is 5.43. The lowest BCUT2D eigenvalue weighted by atomic mass is 10.0. The maximum atomic E-state index is 10.8. The Balaban J connectivity index is 2.46. The first kappa shape index (κ1) is 12.9. The number of nitrogens with one attached hydrogen (secondary N) is 1. The molecule has 0 bridgehead atoms. The van der Waals surface area contributed by atoms with Gasteiger partial charge in [0.2, 0.25) is 0 Å². The number of aromatic nitrogens is 2. The van der Waals surface area contributed by atoms with Crippen LogP contribution < -0.4 is 9.47 Å². The van der Waals surface area contributed by atoms with E-state index in [4.69, 9.17) is 14.6 Å². The van der Waals surface area contributed by atoms with Gasteiger partial charge in [0.15, 0.2) is 0 Å². The summed E-state index contributed by atoms with van der Waals surface area (Å²) in [6.07, 6.45) is 1.41. The van der Waals surface area contributed by atoms with Crippen LogP contribution >= 0.6 is 0 Å². The highest BCUT2D eigenvalue weighted by Gasteiger charge is 2.15. The molecule has 2 aromatic rings. The summed E-state index contributed by atoms with van der Waals surface area (Å²) in [4.78, 5) is 10.8. The second-order valence-electron chi connectivity index (χ2n) is 3.91. The molecule has 0 spiro atoms. The maximum absolute atomic E-state index is 10.8. The number of aromatic amines is 1. The van der Waals surface area contributed by atoms with Gasteiger partial charge >= 0.3 is 5.97 Å². The zero-order valence-electron chi connectivity index (χ0n) is 10.6. The lowest BCUT2D eigenvalue weighted by Gasteiger charge is -2.10. The number of H-pyrrole nitrogens is 1. The predicted octanol–water partition coefficient (Wildman–Crippen LogP) is 1.72. The molecule has 0 radical (unpaired) electrons. The molecule has 100 valence electrons. The van der Waals surface area contributed by atoms with Crippen LogP contribution in [0.25, 0.3) is 11.3 Å². The van der Waals surface area contributed by atoms with Crippen molar-refractivity contribution in [3.63, 3.8) is 0 Å². The lowest BCUT2D eigenvalue weighted by molar-refractivity contribution is -0.136. The van der Waals surface area contributed by atoms with Gasteiger partial charge in [-0.3, -0.25) is 9.89 Å². The molecule has 0 saturated carbocycles. The van der Waals surface area contributed by atoms with Crippen molar-refractivity contribution in [2.24, 2.45) is 0 Å². The van der Waals surface area contributed by atoms with Gasteiger partial charge in [-0.05, 0) is 12.1 Å². The molecule has 2 rings (SSSR count). The smallest absolute Gasteiger partial charge is 0.307 e. The van der Waals surface area contributed by atoms with Gasteiger partial charge in [-0.15, -0.1) is 0 Å². The van der Waals surface area contributed by atoms with E-state index in [-0.39, 0.29) is 6.42 Å². The normalized spacial score (nSPS) is 10.2. The third-order valence-electron chi connectivity index (χ3n) is 2.74. The molecule has 1 heterocycles. The highest BCUT2D eigenvalue weighted by molar-refractivity contribution is 5.77. The first-order chi connectivity index (χ1) is 9.15. The summed E-state index contributed by atoms with van der Waals surface area (Å²) in [7, 11) is 3.12. The summed E-state index contributed by atoms with van der Waals surface area (Å²) in [5.74, 6) is 0.352. The molecule has 1 aromatic heterocycles. The van der Waals surface area contributed by atoms with Crippen molar-refractivity contribution < 1.29 is 19.4 Å². The van der Waals surface area contributed by atoms with E-state index in [1.165, 1.54) is 6.20 Å². The standard InChI is InChI=1S/C13H14N2O4/c1-18-9-3-4-10(11(6-9)19-2)13-8(5-12(16)17)7-14-15-13/h3-4,6-7H,5H2,1-2H3,(H,14,15)(H,16,17). The fourth-order valence-electron chi connectivity index (χ4n) is 1.85. The molecular weight excluding hydrogens is 248 g/mol. The van der Waals surface area contributed by atoms with Gasteiger partial charge < -0.3 is 14.6 Å². The highest BCUT2D eigenvalue weighted by Crippen LogP contribution is 2.33. The van der Waals surface area contributed by atoms with Gasteiger partial charge in [0.25, 0.3) is 0 Å². The number of ether oxygens (including phenoxy) is 2. The summed E-state index contributed by atoms with van der Waals surface area (Å²) in [6, 6.07) is 5.32. The Kier molecular flexibility index (Phi) is 3.70. The lowest BCUT2D eigenvalue weighted by Crippen LogP contribution is -2.01. The predicted molar refractivity (Wildman–Crippen MR) is 68.5 cm³/mol. The van der Waals surface area contributed by atoms with Crippen LogP contribution in [0.4, 0.5) is 0 Å². The van der Waals surface area contributed by atoms with Crippen LogP contribution in [0.1, 0.15) is 5.56 Å². The number of rotatable bonds is 5. The topological polar surface area (TPSA) is 84.4 Å². The number of aliphatic carboxylic acids is 1. The van der Waals surface area contributed by atoms with Crippen LogP contribution in [0.5, 0.6) is 11.5 Å². The van der Waals surface area contributed by atoms with Crippen molar-refractivity contribution in [1.82, 2.24) is 10.2 Å².